The summed E-state index contributed by atoms with van der Waals surface area (Å²) in [6.45, 7) is 10.6. The van der Waals surface area contributed by atoms with Gasteiger partial charge in [0, 0.05) is 38.1 Å². The molecule has 0 saturated carbocycles. The zero-order valence-electron chi connectivity index (χ0n) is 11.4. The van der Waals surface area contributed by atoms with E-state index in [9.17, 15) is 0 Å². The van der Waals surface area contributed by atoms with E-state index in [0.717, 1.165) is 0 Å². The summed E-state index contributed by atoms with van der Waals surface area (Å²) in [6.07, 6.45) is 4.62. The maximum Gasteiger partial charge on any atom is 0.0150 e. The van der Waals surface area contributed by atoms with E-state index in [0.29, 0.717) is 0 Å². The van der Waals surface area contributed by atoms with Crippen LogP contribution in [0.4, 0.5) is 0 Å². The van der Waals surface area contributed by atoms with Crippen molar-refractivity contribution >= 4 is 0 Å². The highest BCUT2D eigenvalue weighted by atomic mass is 15.2. The number of H-pyrrole nitrogens is 1. The molecular weight excluding hydrogens is 210 g/mol. The van der Waals surface area contributed by atoms with Gasteiger partial charge < -0.3 is 14.8 Å². The summed E-state index contributed by atoms with van der Waals surface area (Å²) < 4.78 is 0. The second kappa shape index (κ2) is 5.69. The molecule has 2 heterocycles. The van der Waals surface area contributed by atoms with Crippen LogP contribution in [0.3, 0.4) is 0 Å². The van der Waals surface area contributed by atoms with E-state index in [-0.39, 0.29) is 0 Å². The van der Waals surface area contributed by atoms with E-state index in [4.69, 9.17) is 0 Å². The molecule has 1 aromatic heterocycles. The van der Waals surface area contributed by atoms with Gasteiger partial charge in [-0.3, -0.25) is 0 Å². The van der Waals surface area contributed by atoms with Gasteiger partial charge in [-0.25, -0.2) is 0 Å². The number of hydrogen-bond acceptors (Lipinski definition) is 2. The van der Waals surface area contributed by atoms with Gasteiger partial charge in [0.2, 0.25) is 0 Å². The minimum atomic E-state index is 1.22. The Morgan fingerprint density at radius 2 is 1.88 bits per heavy atom. The molecule has 0 bridgehead atoms. The van der Waals surface area contributed by atoms with Gasteiger partial charge in [-0.05, 0) is 51.4 Å². The number of hydrogen-bond donors (Lipinski definition) is 1. The molecule has 1 aliphatic rings. The zero-order valence-corrected chi connectivity index (χ0v) is 11.4. The Hall–Kier alpha value is -0.800. The number of rotatable bonds is 4. The minimum absolute atomic E-state index is 1.22. The van der Waals surface area contributed by atoms with E-state index in [1.165, 1.54) is 62.4 Å². The first-order valence-corrected chi connectivity index (χ1v) is 6.71. The number of aryl methyl sites for hydroxylation is 2. The molecule has 0 atom stereocenters. The lowest BCUT2D eigenvalue weighted by Crippen LogP contribution is -2.44. The number of aromatic nitrogens is 1. The van der Waals surface area contributed by atoms with Crippen LogP contribution in [0, 0.1) is 13.8 Å². The van der Waals surface area contributed by atoms with E-state index in [1.807, 2.05) is 0 Å². The Kier molecular flexibility index (Phi) is 4.24. The maximum absolute atomic E-state index is 3.31. The predicted octanol–water partition coefficient (Wildman–Crippen LogP) is 1.81. The van der Waals surface area contributed by atoms with Crippen molar-refractivity contribution in [1.82, 2.24) is 14.8 Å². The molecule has 3 nitrogen and oxygen atoms in total. The van der Waals surface area contributed by atoms with Crippen molar-refractivity contribution in [2.24, 2.45) is 0 Å². The number of aromatic amines is 1. The van der Waals surface area contributed by atoms with Crippen LogP contribution in [0.1, 0.15) is 23.2 Å². The van der Waals surface area contributed by atoms with Gasteiger partial charge in [0.05, 0.1) is 0 Å². The molecule has 0 unspecified atom stereocenters. The minimum Gasteiger partial charge on any atom is -0.365 e. The Bertz CT molecular complexity index is 329. The average Bonchev–Trinajstić information content (AvgIpc) is 2.63. The third kappa shape index (κ3) is 3.33. The molecule has 1 aliphatic heterocycles. The second-order valence-electron chi connectivity index (χ2n) is 5.32. The van der Waals surface area contributed by atoms with Crippen LogP contribution in [0.5, 0.6) is 0 Å². The molecule has 1 saturated heterocycles. The third-order valence-electron chi connectivity index (χ3n) is 3.93. The van der Waals surface area contributed by atoms with Crippen LogP contribution in [0.25, 0.3) is 0 Å². The first-order valence-electron chi connectivity index (χ1n) is 6.71. The molecule has 0 aliphatic carbocycles. The number of nitrogens with one attached hydrogen (secondary N) is 1. The normalized spacial score (nSPS) is 18.8. The lowest BCUT2D eigenvalue weighted by Gasteiger charge is -2.32. The van der Waals surface area contributed by atoms with E-state index >= 15 is 0 Å². The van der Waals surface area contributed by atoms with Crippen LogP contribution in [-0.4, -0.2) is 54.6 Å². The molecule has 3 heteroatoms. The van der Waals surface area contributed by atoms with Crippen molar-refractivity contribution in [2.75, 3.05) is 39.8 Å². The van der Waals surface area contributed by atoms with Crippen molar-refractivity contribution in [3.8, 4) is 0 Å². The fourth-order valence-corrected chi connectivity index (χ4v) is 2.62. The van der Waals surface area contributed by atoms with Crippen molar-refractivity contribution in [3.05, 3.63) is 23.0 Å². The monoisotopic (exact) mass is 235 g/mol. The smallest absolute Gasteiger partial charge is 0.0150 e. The van der Waals surface area contributed by atoms with Gasteiger partial charge in [0.25, 0.3) is 0 Å². The predicted molar refractivity (Wildman–Crippen MR) is 72.5 cm³/mol. The lowest BCUT2D eigenvalue weighted by atomic mass is 10.1. The Morgan fingerprint density at radius 1 is 1.18 bits per heavy atom. The van der Waals surface area contributed by atoms with Gasteiger partial charge in [0.15, 0.2) is 0 Å². The Morgan fingerprint density at radius 3 is 2.47 bits per heavy atom. The van der Waals surface area contributed by atoms with Crippen molar-refractivity contribution in [2.45, 2.75) is 26.7 Å². The second-order valence-corrected chi connectivity index (χ2v) is 5.32. The van der Waals surface area contributed by atoms with Crippen LogP contribution in [-0.2, 0) is 6.42 Å². The van der Waals surface area contributed by atoms with E-state index in [1.54, 1.807) is 0 Å². The summed E-state index contributed by atoms with van der Waals surface area (Å²) in [5, 5.41) is 0. The van der Waals surface area contributed by atoms with Crippen LogP contribution < -0.4 is 0 Å². The summed E-state index contributed by atoms with van der Waals surface area (Å²) in [6, 6.07) is 0. The summed E-state index contributed by atoms with van der Waals surface area (Å²) in [7, 11) is 2.21. The first-order chi connectivity index (χ1) is 8.16. The summed E-state index contributed by atoms with van der Waals surface area (Å²) in [5.74, 6) is 0. The molecule has 0 amide bonds. The van der Waals surface area contributed by atoms with Gasteiger partial charge >= 0.3 is 0 Å². The average molecular weight is 235 g/mol. The fourth-order valence-electron chi connectivity index (χ4n) is 2.62. The number of nitrogens with zero attached hydrogens (tertiary/aromatic N) is 2. The third-order valence-corrected chi connectivity index (χ3v) is 3.93. The van der Waals surface area contributed by atoms with Crippen molar-refractivity contribution < 1.29 is 0 Å². The molecule has 96 valence electrons. The van der Waals surface area contributed by atoms with E-state index in [2.05, 4.69) is 41.9 Å². The maximum atomic E-state index is 3.31. The van der Waals surface area contributed by atoms with Gasteiger partial charge in [-0.15, -0.1) is 0 Å². The molecule has 1 aromatic rings. The van der Waals surface area contributed by atoms with Crippen molar-refractivity contribution in [1.29, 1.82) is 0 Å². The van der Waals surface area contributed by atoms with Gasteiger partial charge in [0.1, 0.15) is 0 Å². The number of likely N-dealkylation sites (N-methyl/N-ethyl adjacent to an activating group) is 1. The molecular formula is C14H25N3. The van der Waals surface area contributed by atoms with Gasteiger partial charge in [-0.1, -0.05) is 0 Å². The quantitative estimate of drug-likeness (QED) is 0.860. The zero-order chi connectivity index (χ0) is 12.3. The highest BCUT2D eigenvalue weighted by Gasteiger charge is 2.13. The molecule has 1 N–H and O–H groups in total. The number of piperazine rings is 1. The SMILES string of the molecule is Cc1c[nH]c(C)c1CCCN1CCN(C)CC1. The van der Waals surface area contributed by atoms with Crippen LogP contribution in [0.2, 0.25) is 0 Å². The molecule has 2 rings (SSSR count). The van der Waals surface area contributed by atoms with Crippen molar-refractivity contribution in [3.63, 3.8) is 0 Å². The molecule has 0 radical (unpaired) electrons. The Labute approximate surface area is 105 Å². The molecule has 0 aromatic carbocycles. The molecule has 1 fully saturated rings. The summed E-state index contributed by atoms with van der Waals surface area (Å²) >= 11 is 0. The Balaban J connectivity index is 1.73. The largest absolute Gasteiger partial charge is 0.365 e. The topological polar surface area (TPSA) is 22.3 Å². The summed E-state index contributed by atoms with van der Waals surface area (Å²) in [5.41, 5.74) is 4.29. The van der Waals surface area contributed by atoms with Crippen LogP contribution in [0.15, 0.2) is 6.20 Å². The molecule has 17 heavy (non-hydrogen) atoms. The van der Waals surface area contributed by atoms with Crippen LogP contribution >= 0.6 is 0 Å². The standard InChI is InChI=1S/C14H25N3/c1-12-11-15-13(2)14(12)5-4-6-17-9-7-16(3)8-10-17/h11,15H,4-10H2,1-3H3. The summed E-state index contributed by atoms with van der Waals surface area (Å²) in [4.78, 5) is 8.32. The van der Waals surface area contributed by atoms with Gasteiger partial charge in [-0.2, -0.15) is 0 Å². The first kappa shape index (κ1) is 12.7. The lowest BCUT2D eigenvalue weighted by molar-refractivity contribution is 0.153. The molecule has 0 spiro atoms. The fraction of sp³-hybridized carbons (Fsp3) is 0.714. The highest BCUT2D eigenvalue weighted by molar-refractivity contribution is 5.28. The highest BCUT2D eigenvalue weighted by Crippen LogP contribution is 2.14. The van der Waals surface area contributed by atoms with E-state index < -0.39 is 0 Å².